The van der Waals surface area contributed by atoms with Crippen LogP contribution in [0.25, 0.3) is 0 Å². The van der Waals surface area contributed by atoms with Crippen molar-refractivity contribution in [1.82, 2.24) is 19.4 Å². The van der Waals surface area contributed by atoms with Gasteiger partial charge >= 0.3 is 0 Å². The Morgan fingerprint density at radius 2 is 2.04 bits per heavy atom. The summed E-state index contributed by atoms with van der Waals surface area (Å²) in [5.74, 6) is 1.48. The molecule has 0 unspecified atom stereocenters. The summed E-state index contributed by atoms with van der Waals surface area (Å²) >= 11 is 0. The number of rotatable bonds is 5. The Labute approximate surface area is 163 Å². The van der Waals surface area contributed by atoms with Crippen LogP contribution in [-0.2, 0) is 6.54 Å². The van der Waals surface area contributed by atoms with Crippen LogP contribution in [0.5, 0.6) is 0 Å². The first-order chi connectivity index (χ1) is 13.4. The van der Waals surface area contributed by atoms with Gasteiger partial charge in [0.15, 0.2) is 5.78 Å². The molecule has 2 fully saturated rings. The molecule has 0 radical (unpaired) electrons. The standard InChI is InChI=1S/C21H26N4O3/c1-13-17(14(2)26)10-18(20(27)23-13)21(28)25-8-3-4-16(12-25)19-22-7-9-24(19)11-15-5-6-15/h7,9-10,15-16H,3-6,8,11-12H2,1-2H3,(H,23,27)/t16-/m1/s1. The molecule has 1 amide bonds. The lowest BCUT2D eigenvalue weighted by Crippen LogP contribution is -2.42. The number of pyridine rings is 1. The number of aromatic nitrogens is 3. The second-order valence-electron chi connectivity index (χ2n) is 8.08. The Kier molecular flexibility index (Phi) is 4.91. The van der Waals surface area contributed by atoms with Crippen LogP contribution in [0.4, 0.5) is 0 Å². The van der Waals surface area contributed by atoms with E-state index in [9.17, 15) is 14.4 Å². The molecule has 0 spiro atoms. The van der Waals surface area contributed by atoms with Crippen LogP contribution in [0, 0.1) is 12.8 Å². The first kappa shape index (κ1) is 18.7. The smallest absolute Gasteiger partial charge is 0.261 e. The molecule has 1 atom stereocenters. The number of aryl methyl sites for hydroxylation is 1. The maximum absolute atomic E-state index is 13.1. The van der Waals surface area contributed by atoms with Crippen LogP contribution in [0.2, 0.25) is 0 Å². The van der Waals surface area contributed by atoms with E-state index < -0.39 is 5.56 Å². The van der Waals surface area contributed by atoms with E-state index in [4.69, 9.17) is 0 Å². The molecule has 2 aromatic heterocycles. The van der Waals surface area contributed by atoms with E-state index in [1.54, 1.807) is 11.8 Å². The molecule has 1 aliphatic heterocycles. The van der Waals surface area contributed by atoms with E-state index in [0.29, 0.717) is 24.3 Å². The number of ketones is 1. The van der Waals surface area contributed by atoms with E-state index in [2.05, 4.69) is 14.5 Å². The second kappa shape index (κ2) is 7.37. The van der Waals surface area contributed by atoms with E-state index in [1.807, 2.05) is 12.4 Å². The van der Waals surface area contributed by atoms with Crippen LogP contribution in [0.3, 0.4) is 0 Å². The summed E-state index contributed by atoms with van der Waals surface area (Å²) in [6, 6.07) is 1.44. The van der Waals surface area contributed by atoms with E-state index in [1.165, 1.54) is 25.8 Å². The highest BCUT2D eigenvalue weighted by Crippen LogP contribution is 2.33. The Morgan fingerprint density at radius 3 is 2.75 bits per heavy atom. The van der Waals surface area contributed by atoms with Gasteiger partial charge in [0.05, 0.1) is 0 Å². The normalized spacial score (nSPS) is 19.6. The number of carbonyl (C=O) groups excluding carboxylic acids is 2. The fourth-order valence-electron chi connectivity index (χ4n) is 4.10. The van der Waals surface area contributed by atoms with Gasteiger partial charge in [0, 0.05) is 49.2 Å². The minimum Gasteiger partial charge on any atom is -0.338 e. The lowest BCUT2D eigenvalue weighted by atomic mass is 9.96. The van der Waals surface area contributed by atoms with Crippen molar-refractivity contribution in [1.29, 1.82) is 0 Å². The van der Waals surface area contributed by atoms with Crippen molar-refractivity contribution in [3.63, 3.8) is 0 Å². The number of carbonyl (C=O) groups is 2. The molecule has 3 heterocycles. The van der Waals surface area contributed by atoms with Gasteiger partial charge in [0.2, 0.25) is 0 Å². The number of H-pyrrole nitrogens is 1. The zero-order valence-electron chi connectivity index (χ0n) is 16.4. The highest BCUT2D eigenvalue weighted by molar-refractivity contribution is 5.99. The van der Waals surface area contributed by atoms with Crippen molar-refractivity contribution in [2.24, 2.45) is 5.92 Å². The number of imidazole rings is 1. The molecule has 7 heteroatoms. The summed E-state index contributed by atoms with van der Waals surface area (Å²) in [6.07, 6.45) is 8.27. The van der Waals surface area contributed by atoms with Gasteiger partial charge in [0.1, 0.15) is 11.4 Å². The van der Waals surface area contributed by atoms with Crippen molar-refractivity contribution >= 4 is 11.7 Å². The summed E-state index contributed by atoms with van der Waals surface area (Å²) in [5, 5.41) is 0. The maximum Gasteiger partial charge on any atom is 0.261 e. The van der Waals surface area contributed by atoms with Crippen LogP contribution < -0.4 is 5.56 Å². The molecule has 4 rings (SSSR count). The lowest BCUT2D eigenvalue weighted by molar-refractivity contribution is 0.0701. The number of nitrogens with zero attached hydrogens (tertiary/aromatic N) is 3. The second-order valence-corrected chi connectivity index (χ2v) is 8.08. The Hall–Kier alpha value is -2.70. The third-order valence-electron chi connectivity index (χ3n) is 5.82. The molecular formula is C21H26N4O3. The van der Waals surface area contributed by atoms with Crippen molar-refractivity contribution < 1.29 is 9.59 Å². The number of nitrogens with one attached hydrogen (secondary N) is 1. The zero-order valence-corrected chi connectivity index (χ0v) is 16.4. The Bertz CT molecular complexity index is 970. The topological polar surface area (TPSA) is 88.1 Å². The molecule has 7 nitrogen and oxygen atoms in total. The van der Waals surface area contributed by atoms with Crippen molar-refractivity contribution in [2.75, 3.05) is 13.1 Å². The molecule has 1 saturated heterocycles. The minimum absolute atomic E-state index is 0.0396. The average molecular weight is 382 g/mol. The molecule has 1 saturated carbocycles. The van der Waals surface area contributed by atoms with Gasteiger partial charge in [-0.2, -0.15) is 0 Å². The number of hydrogen-bond acceptors (Lipinski definition) is 4. The van der Waals surface area contributed by atoms with Crippen LogP contribution in [0.1, 0.15) is 70.8 Å². The molecule has 28 heavy (non-hydrogen) atoms. The van der Waals surface area contributed by atoms with Gasteiger partial charge < -0.3 is 14.5 Å². The quantitative estimate of drug-likeness (QED) is 0.805. The summed E-state index contributed by atoms with van der Waals surface area (Å²) in [7, 11) is 0. The Balaban J connectivity index is 1.56. The number of aromatic amines is 1. The third kappa shape index (κ3) is 3.66. The van der Waals surface area contributed by atoms with E-state index in [0.717, 1.165) is 31.1 Å². The van der Waals surface area contributed by atoms with Gasteiger partial charge in [-0.15, -0.1) is 0 Å². The third-order valence-corrected chi connectivity index (χ3v) is 5.82. The summed E-state index contributed by atoms with van der Waals surface area (Å²) in [4.78, 5) is 46.2. The van der Waals surface area contributed by atoms with Gasteiger partial charge in [-0.25, -0.2) is 4.98 Å². The van der Waals surface area contributed by atoms with Gasteiger partial charge in [0.25, 0.3) is 11.5 Å². The minimum atomic E-state index is -0.440. The maximum atomic E-state index is 13.1. The molecule has 0 bridgehead atoms. The van der Waals surface area contributed by atoms with Crippen molar-refractivity contribution in [2.45, 2.75) is 52.0 Å². The number of Topliss-reactive ketones (excluding diaryl/α,β-unsaturated/α-hetero) is 1. The fraction of sp³-hybridized carbons (Fsp3) is 0.524. The zero-order chi connectivity index (χ0) is 19.8. The van der Waals surface area contributed by atoms with Crippen molar-refractivity contribution in [3.05, 3.63) is 51.5 Å². The van der Waals surface area contributed by atoms with Crippen LogP contribution in [0.15, 0.2) is 23.3 Å². The number of piperidine rings is 1. The molecule has 1 N–H and O–H groups in total. The molecular weight excluding hydrogens is 356 g/mol. The lowest BCUT2D eigenvalue weighted by Gasteiger charge is -2.32. The van der Waals surface area contributed by atoms with Gasteiger partial charge in [-0.1, -0.05) is 0 Å². The SMILES string of the molecule is CC(=O)c1cc(C(=O)N2CCC[C@@H](c3nccn3CC3CC3)C2)c(=O)[nH]c1C. The predicted molar refractivity (Wildman–Crippen MR) is 105 cm³/mol. The van der Waals surface area contributed by atoms with E-state index in [-0.39, 0.29) is 23.2 Å². The molecule has 0 aromatic carbocycles. The number of likely N-dealkylation sites (tertiary alicyclic amines) is 1. The van der Waals surface area contributed by atoms with Gasteiger partial charge in [-0.05, 0) is 51.5 Å². The highest BCUT2D eigenvalue weighted by Gasteiger charge is 2.31. The number of hydrogen-bond donors (Lipinski definition) is 1. The highest BCUT2D eigenvalue weighted by atomic mass is 16.2. The largest absolute Gasteiger partial charge is 0.338 e. The summed E-state index contributed by atoms with van der Waals surface area (Å²) in [5.41, 5.74) is 0.479. The molecule has 1 aliphatic carbocycles. The predicted octanol–water partition coefficient (Wildman–Crippen LogP) is 2.51. The van der Waals surface area contributed by atoms with Gasteiger partial charge in [-0.3, -0.25) is 14.4 Å². The Morgan fingerprint density at radius 1 is 1.25 bits per heavy atom. The summed E-state index contributed by atoms with van der Waals surface area (Å²) in [6.45, 7) is 5.26. The fourth-order valence-corrected chi connectivity index (χ4v) is 4.10. The number of amides is 1. The van der Waals surface area contributed by atoms with Crippen LogP contribution >= 0.6 is 0 Å². The molecule has 2 aromatic rings. The molecule has 2 aliphatic rings. The van der Waals surface area contributed by atoms with Crippen molar-refractivity contribution in [3.8, 4) is 0 Å². The first-order valence-electron chi connectivity index (χ1n) is 9.99. The monoisotopic (exact) mass is 382 g/mol. The van der Waals surface area contributed by atoms with E-state index >= 15 is 0 Å². The first-order valence-corrected chi connectivity index (χ1v) is 9.99. The van der Waals surface area contributed by atoms with Crippen LogP contribution in [-0.4, -0.2) is 44.2 Å². The average Bonchev–Trinajstić information content (AvgIpc) is 3.36. The molecule has 148 valence electrons. The summed E-state index contributed by atoms with van der Waals surface area (Å²) < 4.78 is 2.23.